The number of hydrogen-bond acceptors (Lipinski definition) is 4. The lowest BCUT2D eigenvalue weighted by Crippen LogP contribution is -2.53. The van der Waals surface area contributed by atoms with E-state index in [-0.39, 0.29) is 19.5 Å². The third-order valence-corrected chi connectivity index (χ3v) is 8.11. The van der Waals surface area contributed by atoms with E-state index in [1.165, 1.54) is 4.90 Å². The molecule has 41 heavy (non-hydrogen) atoms. The van der Waals surface area contributed by atoms with Gasteiger partial charge in [-0.05, 0) is 48.4 Å². The highest BCUT2D eigenvalue weighted by Crippen LogP contribution is 2.37. The van der Waals surface area contributed by atoms with Gasteiger partial charge in [0.1, 0.15) is 12.6 Å². The second kappa shape index (κ2) is 13.7. The Balaban J connectivity index is 2.08. The molecular weight excluding hydrogens is 647 g/mol. The number of rotatable bonds is 11. The molecule has 2 amide bonds. The molecule has 0 aliphatic heterocycles. The Morgan fingerprint density at radius 1 is 1.00 bits per heavy atom. The first-order valence-corrected chi connectivity index (χ1v) is 15.4. The van der Waals surface area contributed by atoms with Crippen LogP contribution in [0.3, 0.4) is 0 Å². The van der Waals surface area contributed by atoms with E-state index in [2.05, 4.69) is 21.2 Å². The van der Waals surface area contributed by atoms with E-state index in [1.807, 2.05) is 0 Å². The molecule has 0 saturated carbocycles. The first-order valence-electron chi connectivity index (χ1n) is 12.4. The van der Waals surface area contributed by atoms with Crippen molar-refractivity contribution in [1.82, 2.24) is 10.2 Å². The minimum Gasteiger partial charge on any atom is -0.355 e. The van der Waals surface area contributed by atoms with E-state index < -0.39 is 56.9 Å². The lowest BCUT2D eigenvalue weighted by Gasteiger charge is -2.33. The summed E-state index contributed by atoms with van der Waals surface area (Å²) in [7, 11) is -4.25. The number of alkyl halides is 3. The van der Waals surface area contributed by atoms with Crippen LogP contribution in [0, 0.1) is 0 Å². The monoisotopic (exact) mass is 673 g/mol. The van der Waals surface area contributed by atoms with E-state index >= 15 is 0 Å². The van der Waals surface area contributed by atoms with Crippen molar-refractivity contribution in [1.29, 1.82) is 0 Å². The Labute approximate surface area is 250 Å². The van der Waals surface area contributed by atoms with Crippen LogP contribution in [0.1, 0.15) is 23.6 Å². The summed E-state index contributed by atoms with van der Waals surface area (Å²) in [6.07, 6.45) is -3.95. The van der Waals surface area contributed by atoms with Gasteiger partial charge in [-0.3, -0.25) is 13.9 Å². The van der Waals surface area contributed by atoms with Gasteiger partial charge in [-0.15, -0.1) is 0 Å². The van der Waals surface area contributed by atoms with Gasteiger partial charge in [0, 0.05) is 24.0 Å². The van der Waals surface area contributed by atoms with Crippen molar-refractivity contribution in [2.45, 2.75) is 32.1 Å². The number of nitrogens with one attached hydrogen (secondary N) is 1. The molecule has 0 unspecified atom stereocenters. The van der Waals surface area contributed by atoms with E-state index in [0.29, 0.717) is 15.9 Å². The molecule has 0 aliphatic rings. The van der Waals surface area contributed by atoms with Crippen LogP contribution in [0.5, 0.6) is 0 Å². The van der Waals surface area contributed by atoms with Crippen LogP contribution < -0.4 is 9.62 Å². The minimum atomic E-state index is -4.85. The van der Waals surface area contributed by atoms with Gasteiger partial charge in [-0.25, -0.2) is 8.42 Å². The zero-order valence-electron chi connectivity index (χ0n) is 22.2. The van der Waals surface area contributed by atoms with Gasteiger partial charge in [-0.1, -0.05) is 70.0 Å². The number of amides is 2. The minimum absolute atomic E-state index is 0.0627. The van der Waals surface area contributed by atoms with Crippen molar-refractivity contribution in [3.05, 3.63) is 99.0 Å². The zero-order valence-corrected chi connectivity index (χ0v) is 25.3. The lowest BCUT2D eigenvalue weighted by atomic mass is 10.0. The van der Waals surface area contributed by atoms with Gasteiger partial charge in [0.05, 0.1) is 22.5 Å². The van der Waals surface area contributed by atoms with Crippen molar-refractivity contribution in [3.63, 3.8) is 0 Å². The fourth-order valence-corrected chi connectivity index (χ4v) is 5.46. The number of anilines is 1. The van der Waals surface area contributed by atoms with Crippen LogP contribution >= 0.6 is 27.5 Å². The number of hydrogen-bond donors (Lipinski definition) is 1. The maximum atomic E-state index is 13.9. The molecule has 0 radical (unpaired) electrons. The molecule has 1 atom stereocenters. The van der Waals surface area contributed by atoms with Gasteiger partial charge in [0.25, 0.3) is 0 Å². The van der Waals surface area contributed by atoms with Crippen molar-refractivity contribution in [2.24, 2.45) is 0 Å². The van der Waals surface area contributed by atoms with Gasteiger partial charge >= 0.3 is 6.18 Å². The maximum absolute atomic E-state index is 13.9. The second-order valence-electron chi connectivity index (χ2n) is 9.18. The molecule has 3 aromatic rings. The summed E-state index contributed by atoms with van der Waals surface area (Å²) in [4.78, 5) is 28.5. The summed E-state index contributed by atoms with van der Waals surface area (Å²) in [5.74, 6) is -1.24. The summed E-state index contributed by atoms with van der Waals surface area (Å²) in [5, 5.41) is 2.12. The van der Waals surface area contributed by atoms with Crippen molar-refractivity contribution >= 4 is 55.1 Å². The molecule has 0 aliphatic carbocycles. The van der Waals surface area contributed by atoms with Gasteiger partial charge in [0.2, 0.25) is 21.8 Å². The fraction of sp³-hybridized carbons (Fsp3) is 0.286. The molecular formula is C28H28BrClF3N3O4S. The van der Waals surface area contributed by atoms with Crippen LogP contribution in [0.15, 0.2) is 77.3 Å². The highest BCUT2D eigenvalue weighted by Gasteiger charge is 2.36. The van der Waals surface area contributed by atoms with Gasteiger partial charge in [0.15, 0.2) is 0 Å². The third kappa shape index (κ3) is 8.95. The third-order valence-electron chi connectivity index (χ3n) is 6.11. The van der Waals surface area contributed by atoms with Crippen molar-refractivity contribution in [3.8, 4) is 0 Å². The standard InChI is InChI=1S/C28H28BrClF3N3O4S/c1-3-34-27(38)25(15-19-7-5-4-6-8-19)35(17-20-9-11-21(29)12-10-20)26(37)18-36(41(2,39)40)22-13-14-24(30)23(16-22)28(31,32)33/h4-14,16,25H,3,15,17-18H2,1-2H3,(H,34,38)/t25-/m0/s1. The predicted molar refractivity (Wildman–Crippen MR) is 156 cm³/mol. The van der Waals surface area contributed by atoms with Gasteiger partial charge in [-0.2, -0.15) is 13.2 Å². The number of nitrogens with zero attached hydrogens (tertiary/aromatic N) is 2. The SMILES string of the molecule is CCNC(=O)[C@H](Cc1ccccc1)N(Cc1ccc(Br)cc1)C(=O)CN(c1ccc(Cl)c(C(F)(F)F)c1)S(C)(=O)=O. The van der Waals surface area contributed by atoms with Crippen LogP contribution in [0.4, 0.5) is 18.9 Å². The molecule has 0 fully saturated rings. The maximum Gasteiger partial charge on any atom is 0.417 e. The number of carbonyl (C=O) groups excluding carboxylic acids is 2. The Morgan fingerprint density at radius 2 is 1.63 bits per heavy atom. The molecule has 0 spiro atoms. The molecule has 0 heterocycles. The second-order valence-corrected chi connectivity index (χ2v) is 12.4. The van der Waals surface area contributed by atoms with Crippen LogP contribution in [-0.2, 0) is 38.8 Å². The molecule has 0 saturated heterocycles. The smallest absolute Gasteiger partial charge is 0.355 e. The van der Waals surface area contributed by atoms with Crippen LogP contribution in [0.2, 0.25) is 5.02 Å². The van der Waals surface area contributed by atoms with E-state index in [4.69, 9.17) is 11.6 Å². The lowest BCUT2D eigenvalue weighted by molar-refractivity contribution is -0.140. The number of sulfonamides is 1. The van der Waals surface area contributed by atoms with E-state index in [9.17, 15) is 31.2 Å². The molecule has 220 valence electrons. The molecule has 0 bridgehead atoms. The Morgan fingerprint density at radius 3 is 2.20 bits per heavy atom. The summed E-state index contributed by atoms with van der Waals surface area (Å²) in [6.45, 7) is 1.10. The Kier molecular flexibility index (Phi) is 10.8. The first kappa shape index (κ1) is 32.4. The Hall–Kier alpha value is -3.09. The average Bonchev–Trinajstić information content (AvgIpc) is 2.90. The largest absolute Gasteiger partial charge is 0.417 e. The zero-order chi connectivity index (χ0) is 30.4. The highest BCUT2D eigenvalue weighted by atomic mass is 79.9. The number of benzene rings is 3. The van der Waals surface area contributed by atoms with Crippen molar-refractivity contribution in [2.75, 3.05) is 23.7 Å². The van der Waals surface area contributed by atoms with E-state index in [0.717, 1.165) is 28.4 Å². The van der Waals surface area contributed by atoms with E-state index in [1.54, 1.807) is 61.5 Å². The molecule has 3 aromatic carbocycles. The predicted octanol–water partition coefficient (Wildman–Crippen LogP) is 5.66. The molecule has 1 N–H and O–H groups in total. The van der Waals surface area contributed by atoms with Crippen molar-refractivity contribution < 1.29 is 31.2 Å². The molecule has 13 heteroatoms. The summed E-state index contributed by atoms with van der Waals surface area (Å²) < 4.78 is 67.6. The summed E-state index contributed by atoms with van der Waals surface area (Å²) in [6, 6.07) is 17.5. The summed E-state index contributed by atoms with van der Waals surface area (Å²) >= 11 is 9.08. The summed E-state index contributed by atoms with van der Waals surface area (Å²) in [5.41, 5.74) is -0.224. The quantitative estimate of drug-likeness (QED) is 0.284. The Bertz CT molecular complexity index is 1470. The number of halogens is 5. The molecule has 3 rings (SSSR count). The first-order chi connectivity index (χ1) is 19.2. The molecule has 7 nitrogen and oxygen atoms in total. The average molecular weight is 675 g/mol. The van der Waals surface area contributed by atoms with Crippen LogP contribution in [-0.4, -0.2) is 50.5 Å². The number of carbonyl (C=O) groups is 2. The fourth-order valence-electron chi connectivity index (χ4n) is 4.13. The highest BCUT2D eigenvalue weighted by molar-refractivity contribution is 9.10. The number of likely N-dealkylation sites (N-methyl/N-ethyl adjacent to an activating group) is 1. The van der Waals surface area contributed by atoms with Gasteiger partial charge < -0.3 is 10.2 Å². The van der Waals surface area contributed by atoms with Crippen LogP contribution in [0.25, 0.3) is 0 Å². The molecule has 0 aromatic heterocycles. The normalized spacial score (nSPS) is 12.5. The topological polar surface area (TPSA) is 86.8 Å².